The summed E-state index contributed by atoms with van der Waals surface area (Å²) in [5, 5.41) is 22.3. The van der Waals surface area contributed by atoms with Crippen LogP contribution >= 0.6 is 0 Å². The maximum atomic E-state index is 10.6. The first-order valence-corrected chi connectivity index (χ1v) is 7.44. The Morgan fingerprint density at radius 2 is 1.73 bits per heavy atom. The van der Waals surface area contributed by atoms with Gasteiger partial charge in [-0.3, -0.25) is 9.55 Å². The SMILES string of the molecule is Oc1c2c(c(O)n1-c1ccc3cccnc3c1)[C@H]1C=C[C@@H]2C1. The van der Waals surface area contributed by atoms with Crippen LogP contribution in [0.1, 0.15) is 29.4 Å². The van der Waals surface area contributed by atoms with Crippen LogP contribution in [0.2, 0.25) is 0 Å². The number of rotatable bonds is 1. The zero-order chi connectivity index (χ0) is 14.8. The first-order chi connectivity index (χ1) is 10.7. The van der Waals surface area contributed by atoms with E-state index in [1.807, 2.05) is 30.3 Å². The second-order valence-corrected chi connectivity index (χ2v) is 6.02. The molecule has 2 aromatic heterocycles. The van der Waals surface area contributed by atoms with Crippen LogP contribution in [0.3, 0.4) is 0 Å². The van der Waals surface area contributed by atoms with Gasteiger partial charge in [-0.15, -0.1) is 0 Å². The molecule has 108 valence electrons. The largest absolute Gasteiger partial charge is 0.494 e. The number of hydrogen-bond acceptors (Lipinski definition) is 3. The van der Waals surface area contributed by atoms with Crippen molar-refractivity contribution in [3.05, 3.63) is 59.8 Å². The van der Waals surface area contributed by atoms with Gasteiger partial charge in [-0.25, -0.2) is 0 Å². The Balaban J connectivity index is 1.76. The zero-order valence-corrected chi connectivity index (χ0v) is 11.8. The van der Waals surface area contributed by atoms with Crippen molar-refractivity contribution in [3.63, 3.8) is 0 Å². The number of hydrogen-bond donors (Lipinski definition) is 2. The van der Waals surface area contributed by atoms with E-state index < -0.39 is 0 Å². The maximum Gasteiger partial charge on any atom is 0.202 e. The Morgan fingerprint density at radius 3 is 2.45 bits per heavy atom. The van der Waals surface area contributed by atoms with Gasteiger partial charge in [-0.2, -0.15) is 0 Å². The molecule has 5 rings (SSSR count). The highest BCUT2D eigenvalue weighted by Crippen LogP contribution is 2.57. The molecule has 4 nitrogen and oxygen atoms in total. The standard InChI is InChI=1S/C18H14N2O2/c21-17-15-11-3-4-12(8-11)16(15)18(22)20(17)13-6-5-10-2-1-7-19-14(10)9-13/h1-7,9,11-12,21-22H,8H2/t11-,12+. The van der Waals surface area contributed by atoms with E-state index in [1.54, 1.807) is 6.20 Å². The molecule has 4 heteroatoms. The van der Waals surface area contributed by atoms with E-state index in [4.69, 9.17) is 0 Å². The van der Waals surface area contributed by atoms with Crippen molar-refractivity contribution < 1.29 is 10.2 Å². The molecule has 3 aromatic rings. The summed E-state index contributed by atoms with van der Waals surface area (Å²) in [6, 6.07) is 9.62. The smallest absolute Gasteiger partial charge is 0.202 e. The van der Waals surface area contributed by atoms with Crippen molar-refractivity contribution in [1.82, 2.24) is 9.55 Å². The highest BCUT2D eigenvalue weighted by Gasteiger charge is 2.41. The molecule has 1 aromatic carbocycles. The fourth-order valence-electron chi connectivity index (χ4n) is 3.88. The second kappa shape index (κ2) is 3.91. The quantitative estimate of drug-likeness (QED) is 0.673. The van der Waals surface area contributed by atoms with Crippen LogP contribution in [0.15, 0.2) is 48.7 Å². The molecule has 0 unspecified atom stereocenters. The molecule has 2 bridgehead atoms. The molecule has 22 heavy (non-hydrogen) atoms. The third-order valence-corrected chi connectivity index (χ3v) is 4.87. The number of aromatic nitrogens is 2. The Hall–Kier alpha value is -2.75. The topological polar surface area (TPSA) is 58.3 Å². The van der Waals surface area contributed by atoms with Crippen LogP contribution in [0.5, 0.6) is 11.8 Å². The highest BCUT2D eigenvalue weighted by molar-refractivity contribution is 5.81. The molecule has 2 N–H and O–H groups in total. The van der Waals surface area contributed by atoms with E-state index in [1.165, 1.54) is 4.57 Å². The van der Waals surface area contributed by atoms with E-state index >= 15 is 0 Å². The third-order valence-electron chi connectivity index (χ3n) is 4.87. The van der Waals surface area contributed by atoms with Crippen LogP contribution in [0, 0.1) is 0 Å². The van der Waals surface area contributed by atoms with Gasteiger partial charge in [0.15, 0.2) is 0 Å². The molecular weight excluding hydrogens is 276 g/mol. The van der Waals surface area contributed by atoms with E-state index in [9.17, 15) is 10.2 Å². The fourth-order valence-corrected chi connectivity index (χ4v) is 3.88. The summed E-state index contributed by atoms with van der Waals surface area (Å²) in [6.45, 7) is 0. The van der Waals surface area contributed by atoms with E-state index in [2.05, 4.69) is 17.1 Å². The van der Waals surface area contributed by atoms with E-state index in [0.29, 0.717) is 0 Å². The summed E-state index contributed by atoms with van der Waals surface area (Å²) in [6.07, 6.45) is 6.95. The van der Waals surface area contributed by atoms with Gasteiger partial charge in [0.2, 0.25) is 11.8 Å². The summed E-state index contributed by atoms with van der Waals surface area (Å²) in [4.78, 5) is 4.34. The molecule has 2 aliphatic rings. The van der Waals surface area contributed by atoms with Crippen molar-refractivity contribution in [2.45, 2.75) is 18.3 Å². The summed E-state index contributed by atoms with van der Waals surface area (Å²) >= 11 is 0. The molecule has 0 aliphatic heterocycles. The first-order valence-electron chi connectivity index (χ1n) is 7.44. The normalized spacial score (nSPS) is 21.6. The zero-order valence-electron chi connectivity index (χ0n) is 11.8. The molecule has 0 saturated heterocycles. The predicted octanol–water partition coefficient (Wildman–Crippen LogP) is 3.58. The molecule has 2 heterocycles. The molecular formula is C18H14N2O2. The maximum absolute atomic E-state index is 10.6. The number of benzene rings is 1. The van der Waals surface area contributed by atoms with Crippen molar-refractivity contribution in [3.8, 4) is 17.4 Å². The van der Waals surface area contributed by atoms with Crippen molar-refractivity contribution in [2.24, 2.45) is 0 Å². The van der Waals surface area contributed by atoms with Gasteiger partial charge in [-0.1, -0.05) is 24.3 Å². The molecule has 0 radical (unpaired) electrons. The predicted molar refractivity (Wildman–Crippen MR) is 83.6 cm³/mol. The van der Waals surface area contributed by atoms with Gasteiger partial charge in [0.05, 0.1) is 11.2 Å². The second-order valence-electron chi connectivity index (χ2n) is 6.02. The van der Waals surface area contributed by atoms with E-state index in [-0.39, 0.29) is 23.6 Å². The molecule has 0 spiro atoms. The average Bonchev–Trinajstić information content (AvgIpc) is 3.21. The van der Waals surface area contributed by atoms with Crippen LogP contribution in [0.4, 0.5) is 0 Å². The minimum Gasteiger partial charge on any atom is -0.494 e. The first kappa shape index (κ1) is 11.9. The Bertz CT molecular complexity index is 920. The van der Waals surface area contributed by atoms with Gasteiger partial charge in [-0.05, 0) is 24.6 Å². The lowest BCUT2D eigenvalue weighted by atomic mass is 10.0. The Morgan fingerprint density at radius 1 is 1.00 bits per heavy atom. The Kier molecular flexibility index (Phi) is 2.11. The van der Waals surface area contributed by atoms with Crippen molar-refractivity contribution in [1.29, 1.82) is 0 Å². The minimum absolute atomic E-state index is 0.152. The number of nitrogens with zero attached hydrogens (tertiary/aromatic N) is 2. The average molecular weight is 290 g/mol. The summed E-state index contributed by atoms with van der Waals surface area (Å²) in [5.41, 5.74) is 3.33. The van der Waals surface area contributed by atoms with Gasteiger partial charge in [0, 0.05) is 34.5 Å². The summed E-state index contributed by atoms with van der Waals surface area (Å²) in [7, 11) is 0. The molecule has 2 aliphatic carbocycles. The number of pyridine rings is 1. The lowest BCUT2D eigenvalue weighted by Gasteiger charge is -2.10. The van der Waals surface area contributed by atoms with Gasteiger partial charge < -0.3 is 10.2 Å². The lowest BCUT2D eigenvalue weighted by molar-refractivity contribution is 0.395. The minimum atomic E-state index is 0.152. The molecule has 0 amide bonds. The highest BCUT2D eigenvalue weighted by atomic mass is 16.3. The fraction of sp³-hybridized carbons (Fsp3) is 0.167. The summed E-state index contributed by atoms with van der Waals surface area (Å²) in [5.74, 6) is 0.760. The van der Waals surface area contributed by atoms with Gasteiger partial charge in [0.1, 0.15) is 0 Å². The van der Waals surface area contributed by atoms with Crippen LogP contribution < -0.4 is 0 Å². The molecule has 2 atom stereocenters. The van der Waals surface area contributed by atoms with Crippen molar-refractivity contribution >= 4 is 10.9 Å². The van der Waals surface area contributed by atoms with Crippen LogP contribution in [-0.4, -0.2) is 19.8 Å². The summed E-state index contributed by atoms with van der Waals surface area (Å²) < 4.78 is 1.53. The number of allylic oxidation sites excluding steroid dienone is 2. The third kappa shape index (κ3) is 1.34. The van der Waals surface area contributed by atoms with Gasteiger partial charge in [0.25, 0.3) is 0 Å². The van der Waals surface area contributed by atoms with Crippen LogP contribution in [0.25, 0.3) is 16.6 Å². The van der Waals surface area contributed by atoms with Crippen LogP contribution in [-0.2, 0) is 0 Å². The van der Waals surface area contributed by atoms with E-state index in [0.717, 1.165) is 34.1 Å². The molecule has 0 fully saturated rings. The monoisotopic (exact) mass is 290 g/mol. The lowest BCUT2D eigenvalue weighted by Crippen LogP contribution is -1.96. The Labute approximate surface area is 127 Å². The van der Waals surface area contributed by atoms with Gasteiger partial charge >= 0.3 is 0 Å². The number of fused-ring (bicyclic) bond motifs is 6. The molecule has 0 saturated carbocycles. The van der Waals surface area contributed by atoms with Crippen molar-refractivity contribution in [2.75, 3.05) is 0 Å². The number of aromatic hydroxyl groups is 2.